The highest BCUT2D eigenvalue weighted by Gasteiger charge is 2.19. The molecular weight excluding hydrogens is 1020 g/mol. The topological polar surface area (TPSA) is 78.9 Å². The van der Waals surface area contributed by atoms with Gasteiger partial charge in [-0.2, -0.15) is 0 Å². The summed E-state index contributed by atoms with van der Waals surface area (Å²) in [5.41, 5.74) is 0. The second-order valence-corrected chi connectivity index (χ2v) is 22.3. The highest BCUT2D eigenvalue weighted by molar-refractivity contribution is 5.71. The Labute approximate surface area is 512 Å². The third kappa shape index (κ3) is 68.0. The van der Waals surface area contributed by atoms with Gasteiger partial charge in [-0.3, -0.25) is 14.4 Å². The second-order valence-electron chi connectivity index (χ2n) is 22.3. The van der Waals surface area contributed by atoms with Crippen molar-refractivity contribution in [1.29, 1.82) is 0 Å². The van der Waals surface area contributed by atoms with Crippen LogP contribution in [0.4, 0.5) is 0 Å². The van der Waals surface area contributed by atoms with Crippen LogP contribution in [0.25, 0.3) is 0 Å². The number of rotatable bonds is 61. The molecule has 0 aliphatic carbocycles. The molecule has 0 aromatic carbocycles. The summed E-state index contributed by atoms with van der Waals surface area (Å²) in [5, 5.41) is 0. The lowest BCUT2D eigenvalue weighted by Gasteiger charge is -2.18. The monoisotopic (exact) mass is 1150 g/mol. The van der Waals surface area contributed by atoms with E-state index in [2.05, 4.69) is 167 Å². The molecule has 0 rings (SSSR count). The van der Waals surface area contributed by atoms with Gasteiger partial charge >= 0.3 is 17.9 Å². The van der Waals surface area contributed by atoms with Crippen molar-refractivity contribution < 1.29 is 28.6 Å². The van der Waals surface area contributed by atoms with Gasteiger partial charge < -0.3 is 14.2 Å². The quantitative estimate of drug-likeness (QED) is 0.0261. The van der Waals surface area contributed by atoms with E-state index in [-0.39, 0.29) is 31.1 Å². The Morgan fingerprint density at radius 2 is 0.470 bits per heavy atom. The Kier molecular flexibility index (Phi) is 65.8. The first-order valence-corrected chi connectivity index (χ1v) is 34.3. The molecule has 0 saturated carbocycles. The van der Waals surface area contributed by atoms with Crippen molar-refractivity contribution in [1.82, 2.24) is 0 Å². The van der Waals surface area contributed by atoms with Gasteiger partial charge in [0, 0.05) is 19.3 Å². The predicted molar refractivity (Wildman–Crippen MR) is 362 cm³/mol. The van der Waals surface area contributed by atoms with Gasteiger partial charge in [-0.15, -0.1) is 0 Å². The third-order valence-corrected chi connectivity index (χ3v) is 14.3. The summed E-state index contributed by atoms with van der Waals surface area (Å²) in [6.45, 7) is 6.48. The summed E-state index contributed by atoms with van der Waals surface area (Å²) >= 11 is 0. The van der Waals surface area contributed by atoms with E-state index in [1.165, 1.54) is 103 Å². The van der Waals surface area contributed by atoms with Crippen molar-refractivity contribution in [3.63, 3.8) is 0 Å². The molecule has 6 heteroatoms. The van der Waals surface area contributed by atoms with Gasteiger partial charge in [0.2, 0.25) is 0 Å². The van der Waals surface area contributed by atoms with Gasteiger partial charge in [0.1, 0.15) is 13.2 Å². The van der Waals surface area contributed by atoms with Crippen LogP contribution in [-0.4, -0.2) is 37.2 Å². The van der Waals surface area contributed by atoms with Gasteiger partial charge in [0.25, 0.3) is 0 Å². The van der Waals surface area contributed by atoms with Crippen LogP contribution >= 0.6 is 0 Å². The van der Waals surface area contributed by atoms with Crippen LogP contribution in [0.2, 0.25) is 0 Å². The maximum atomic E-state index is 12.9. The Morgan fingerprint density at radius 3 is 0.759 bits per heavy atom. The Hall–Kier alpha value is -4.71. The lowest BCUT2D eigenvalue weighted by atomic mass is 10.1. The number of carbonyl (C=O) groups is 3. The lowest BCUT2D eigenvalue weighted by molar-refractivity contribution is -0.167. The maximum absolute atomic E-state index is 12.9. The van der Waals surface area contributed by atoms with E-state index >= 15 is 0 Å². The molecule has 0 aromatic heterocycles. The molecule has 0 heterocycles. The first-order chi connectivity index (χ1) is 41.0. The summed E-state index contributed by atoms with van der Waals surface area (Å²) in [5.74, 6) is -0.929. The van der Waals surface area contributed by atoms with E-state index in [9.17, 15) is 14.4 Å². The van der Waals surface area contributed by atoms with Crippen molar-refractivity contribution in [2.75, 3.05) is 13.2 Å². The largest absolute Gasteiger partial charge is 0.462 e. The zero-order valence-electron chi connectivity index (χ0n) is 53.9. The van der Waals surface area contributed by atoms with E-state index < -0.39 is 6.10 Å². The molecular formula is C77H126O6. The van der Waals surface area contributed by atoms with Crippen molar-refractivity contribution in [2.24, 2.45) is 0 Å². The fourth-order valence-electron chi connectivity index (χ4n) is 9.17. The van der Waals surface area contributed by atoms with Crippen molar-refractivity contribution in [3.8, 4) is 0 Å². The fourth-order valence-corrected chi connectivity index (χ4v) is 9.17. The van der Waals surface area contributed by atoms with E-state index in [1.54, 1.807) is 0 Å². The Morgan fingerprint density at radius 1 is 0.253 bits per heavy atom. The Balaban J connectivity index is 4.38. The minimum atomic E-state index is -0.802. The number of carbonyl (C=O) groups excluding carboxylic acids is 3. The first-order valence-electron chi connectivity index (χ1n) is 34.3. The molecule has 1 atom stereocenters. The number of hydrogen-bond acceptors (Lipinski definition) is 6. The van der Waals surface area contributed by atoms with Gasteiger partial charge in [-0.25, -0.2) is 0 Å². The van der Waals surface area contributed by atoms with Crippen molar-refractivity contribution in [2.45, 2.75) is 309 Å². The second kappa shape index (κ2) is 69.8. The average Bonchev–Trinajstić information content (AvgIpc) is 3.49. The number of hydrogen-bond donors (Lipinski definition) is 0. The van der Waals surface area contributed by atoms with E-state index in [1.807, 2.05) is 0 Å². The summed E-state index contributed by atoms with van der Waals surface area (Å²) in [4.78, 5) is 38.4. The highest BCUT2D eigenvalue weighted by atomic mass is 16.6. The van der Waals surface area contributed by atoms with Crippen molar-refractivity contribution >= 4 is 17.9 Å². The first kappa shape index (κ1) is 78.3. The number of allylic oxidation sites excluding steroid dienone is 24. The van der Waals surface area contributed by atoms with Crippen LogP contribution < -0.4 is 0 Å². The zero-order chi connectivity index (χ0) is 59.9. The predicted octanol–water partition coefficient (Wildman–Crippen LogP) is 23.9. The smallest absolute Gasteiger partial charge is 0.306 e. The molecule has 83 heavy (non-hydrogen) atoms. The molecule has 0 saturated heterocycles. The van der Waals surface area contributed by atoms with Gasteiger partial charge in [-0.05, 0) is 148 Å². The van der Waals surface area contributed by atoms with Crippen LogP contribution in [0, 0.1) is 0 Å². The number of ether oxygens (including phenoxy) is 3. The molecule has 6 nitrogen and oxygen atoms in total. The summed E-state index contributed by atoms with van der Waals surface area (Å²) in [6, 6.07) is 0. The third-order valence-electron chi connectivity index (χ3n) is 14.3. The molecule has 0 bridgehead atoms. The minimum Gasteiger partial charge on any atom is -0.462 e. The normalized spacial score (nSPS) is 13.0. The SMILES string of the molecule is CC/C=C\C/C=C\C/C=C\C/C=C\C/C=C\C/C=C\C/C=C\C/C=C\CCCCCCCCC(=O)OCC(COC(=O)CCCCCCC/C=C\CCCCCC)OC(=O)CCCCCCCC/C=C\C/C=C\C/C=C\CCCCCCC. The lowest BCUT2D eigenvalue weighted by Crippen LogP contribution is -2.30. The van der Waals surface area contributed by atoms with Crippen LogP contribution in [0.3, 0.4) is 0 Å². The van der Waals surface area contributed by atoms with Gasteiger partial charge in [0.05, 0.1) is 0 Å². The average molecular weight is 1150 g/mol. The van der Waals surface area contributed by atoms with E-state index in [0.29, 0.717) is 19.3 Å². The molecule has 0 aromatic rings. The molecule has 0 amide bonds. The molecule has 0 N–H and O–H groups in total. The molecule has 1 unspecified atom stereocenters. The maximum Gasteiger partial charge on any atom is 0.306 e. The standard InChI is InChI=1S/C77H126O6/c1-4-7-10-13-16-19-22-25-27-29-31-33-34-35-36-37-38-39-40-41-42-44-45-47-49-52-55-58-61-64-67-70-76(79)82-73-74(72-81-75(78)69-66-63-60-57-54-51-24-21-18-15-12-9-6-3)83-77(80)71-68-65-62-59-56-53-50-48-46-43-32-30-28-26-23-20-17-14-11-8-5-2/h7,10,16,19,21,23-27,30-33,35-36,38-39,41-42,45-48,74H,4-6,8-9,11-15,17-18,20,22,28-29,34,37,40,43-44,49-73H2,1-3H3/b10-7-,19-16-,24-21-,26-23-,27-25-,32-30-,33-31-,36-35-,39-38-,42-41-,47-45-,48-46-. The molecule has 0 spiro atoms. The van der Waals surface area contributed by atoms with Gasteiger partial charge in [-0.1, -0.05) is 282 Å². The van der Waals surface area contributed by atoms with Crippen LogP contribution in [-0.2, 0) is 28.6 Å². The number of esters is 3. The minimum absolute atomic E-state index is 0.0963. The van der Waals surface area contributed by atoms with Crippen LogP contribution in [0.5, 0.6) is 0 Å². The summed E-state index contributed by atoms with van der Waals surface area (Å²) in [7, 11) is 0. The van der Waals surface area contributed by atoms with Crippen molar-refractivity contribution in [3.05, 3.63) is 146 Å². The highest BCUT2D eigenvalue weighted by Crippen LogP contribution is 2.15. The van der Waals surface area contributed by atoms with E-state index in [4.69, 9.17) is 14.2 Å². The van der Waals surface area contributed by atoms with E-state index in [0.717, 1.165) is 161 Å². The number of unbranched alkanes of at least 4 members (excludes halogenated alkanes) is 26. The van der Waals surface area contributed by atoms with Gasteiger partial charge in [0.15, 0.2) is 6.10 Å². The Bertz CT molecular complexity index is 1800. The fraction of sp³-hybridized carbons (Fsp3) is 0.649. The zero-order valence-corrected chi connectivity index (χ0v) is 53.9. The molecule has 470 valence electrons. The molecule has 0 radical (unpaired) electrons. The van der Waals surface area contributed by atoms with Crippen LogP contribution in [0.1, 0.15) is 303 Å². The molecule has 0 aliphatic rings. The molecule has 0 fully saturated rings. The van der Waals surface area contributed by atoms with Crippen LogP contribution in [0.15, 0.2) is 146 Å². The summed E-state index contributed by atoms with van der Waals surface area (Å²) < 4.78 is 16.9. The molecule has 0 aliphatic heterocycles. The summed E-state index contributed by atoms with van der Waals surface area (Å²) in [6.07, 6.45) is 100.0.